The molecule has 0 saturated heterocycles. The van der Waals surface area contributed by atoms with Gasteiger partial charge in [0.2, 0.25) is 0 Å². The van der Waals surface area contributed by atoms with Crippen LogP contribution in [0, 0.1) is 5.82 Å². The Labute approximate surface area is 110 Å². The zero-order valence-electron chi connectivity index (χ0n) is 10.6. The lowest BCUT2D eigenvalue weighted by atomic mass is 10.1. The first kappa shape index (κ1) is 11.9. The highest BCUT2D eigenvalue weighted by molar-refractivity contribution is 5.94. The summed E-state index contributed by atoms with van der Waals surface area (Å²) in [5.41, 5.74) is 0.930. The summed E-state index contributed by atoms with van der Waals surface area (Å²) in [5, 5.41) is 0. The van der Waals surface area contributed by atoms with Crippen LogP contribution in [0.1, 0.15) is 23.1 Å². The molecule has 98 valence electrons. The Morgan fingerprint density at radius 3 is 2.95 bits per heavy atom. The summed E-state index contributed by atoms with van der Waals surface area (Å²) in [4.78, 5) is 17.4. The average molecular weight is 259 g/mol. The lowest BCUT2D eigenvalue weighted by Gasteiger charge is -2.29. The smallest absolute Gasteiger partial charge is 0.159 e. The first-order chi connectivity index (χ1) is 9.15. The van der Waals surface area contributed by atoms with Crippen LogP contribution in [0.4, 0.5) is 10.1 Å². The third-order valence-corrected chi connectivity index (χ3v) is 3.44. The number of benzene rings is 1. The van der Waals surface area contributed by atoms with Gasteiger partial charge in [-0.2, -0.15) is 0 Å². The second-order valence-corrected chi connectivity index (χ2v) is 4.68. The Hall–Kier alpha value is -2.17. The zero-order chi connectivity index (χ0) is 13.4. The van der Waals surface area contributed by atoms with Gasteiger partial charge in [-0.15, -0.1) is 0 Å². The number of carbonyl (C=O) groups is 1. The van der Waals surface area contributed by atoms with Crippen molar-refractivity contribution in [3.05, 3.63) is 47.8 Å². The van der Waals surface area contributed by atoms with Gasteiger partial charge in [-0.3, -0.25) is 4.79 Å². The van der Waals surface area contributed by atoms with Crippen LogP contribution in [0.5, 0.6) is 0 Å². The predicted octanol–water partition coefficient (Wildman–Crippen LogP) is 2.25. The number of Topliss-reactive ketones (excluding diaryl/α,β-unsaturated/α-hetero) is 1. The van der Waals surface area contributed by atoms with Gasteiger partial charge >= 0.3 is 0 Å². The molecule has 0 saturated carbocycles. The van der Waals surface area contributed by atoms with Crippen molar-refractivity contribution >= 4 is 11.5 Å². The Bertz CT molecular complexity index is 635. The van der Waals surface area contributed by atoms with Crippen molar-refractivity contribution in [3.63, 3.8) is 0 Å². The highest BCUT2D eigenvalue weighted by Crippen LogP contribution is 2.24. The first-order valence-electron chi connectivity index (χ1n) is 6.20. The number of ketones is 1. The largest absolute Gasteiger partial charge is 0.360 e. The molecule has 5 heteroatoms. The number of hydrogen-bond donors (Lipinski definition) is 0. The lowest BCUT2D eigenvalue weighted by molar-refractivity contribution is 0.101. The highest BCUT2D eigenvalue weighted by Gasteiger charge is 2.19. The van der Waals surface area contributed by atoms with Crippen molar-refractivity contribution in [2.45, 2.75) is 20.0 Å². The van der Waals surface area contributed by atoms with E-state index in [0.29, 0.717) is 17.8 Å². The SMILES string of the molecule is CC(=O)c1ccc(N2CCn3ccnc3C2)c(F)c1. The fraction of sp³-hybridized carbons (Fsp3) is 0.286. The first-order valence-corrected chi connectivity index (χ1v) is 6.20. The fourth-order valence-electron chi connectivity index (χ4n) is 2.36. The maximum atomic E-state index is 14.1. The van der Waals surface area contributed by atoms with E-state index < -0.39 is 0 Å². The number of nitrogens with zero attached hydrogens (tertiary/aromatic N) is 3. The molecule has 0 radical (unpaired) electrons. The molecular weight excluding hydrogens is 245 g/mol. The third kappa shape index (κ3) is 2.12. The molecule has 0 fully saturated rings. The van der Waals surface area contributed by atoms with Crippen LogP contribution in [0.2, 0.25) is 0 Å². The van der Waals surface area contributed by atoms with E-state index in [1.165, 1.54) is 13.0 Å². The predicted molar refractivity (Wildman–Crippen MR) is 69.7 cm³/mol. The van der Waals surface area contributed by atoms with Gasteiger partial charge in [0.1, 0.15) is 11.6 Å². The van der Waals surface area contributed by atoms with Crippen LogP contribution >= 0.6 is 0 Å². The number of anilines is 1. The number of fused-ring (bicyclic) bond motifs is 1. The van der Waals surface area contributed by atoms with E-state index in [1.54, 1.807) is 18.3 Å². The molecule has 3 rings (SSSR count). The van der Waals surface area contributed by atoms with E-state index in [2.05, 4.69) is 9.55 Å². The van der Waals surface area contributed by atoms with Crippen LogP contribution in [0.15, 0.2) is 30.6 Å². The third-order valence-electron chi connectivity index (χ3n) is 3.44. The molecule has 19 heavy (non-hydrogen) atoms. The number of hydrogen-bond acceptors (Lipinski definition) is 3. The molecule has 1 aromatic carbocycles. The summed E-state index contributed by atoms with van der Waals surface area (Å²) < 4.78 is 16.1. The van der Waals surface area contributed by atoms with Gasteiger partial charge in [-0.05, 0) is 25.1 Å². The van der Waals surface area contributed by atoms with Crippen LogP contribution in [0.25, 0.3) is 0 Å². The molecule has 1 aromatic heterocycles. The van der Waals surface area contributed by atoms with Crippen LogP contribution in [-0.4, -0.2) is 21.9 Å². The normalized spacial score (nSPS) is 14.3. The van der Waals surface area contributed by atoms with E-state index in [-0.39, 0.29) is 11.6 Å². The van der Waals surface area contributed by atoms with Gasteiger partial charge < -0.3 is 9.47 Å². The summed E-state index contributed by atoms with van der Waals surface area (Å²) in [5.74, 6) is 0.452. The minimum absolute atomic E-state index is 0.125. The summed E-state index contributed by atoms with van der Waals surface area (Å²) >= 11 is 0. The summed E-state index contributed by atoms with van der Waals surface area (Å²) in [6.45, 7) is 3.55. The Balaban J connectivity index is 1.90. The average Bonchev–Trinajstić information content (AvgIpc) is 2.85. The maximum absolute atomic E-state index is 14.1. The van der Waals surface area contributed by atoms with Gasteiger partial charge in [-0.25, -0.2) is 9.37 Å². The number of halogens is 1. The molecule has 0 spiro atoms. The molecule has 2 heterocycles. The molecule has 0 unspecified atom stereocenters. The minimum atomic E-state index is -0.354. The molecule has 1 aliphatic rings. The number of rotatable bonds is 2. The Morgan fingerprint density at radius 2 is 2.21 bits per heavy atom. The van der Waals surface area contributed by atoms with Crippen molar-refractivity contribution in [2.75, 3.05) is 11.4 Å². The van der Waals surface area contributed by atoms with E-state index >= 15 is 0 Å². The summed E-state index contributed by atoms with van der Waals surface area (Å²) in [6.07, 6.45) is 3.69. The van der Waals surface area contributed by atoms with Crippen molar-refractivity contribution in [1.29, 1.82) is 0 Å². The van der Waals surface area contributed by atoms with Crippen LogP contribution < -0.4 is 4.90 Å². The zero-order valence-corrected chi connectivity index (χ0v) is 10.6. The summed E-state index contributed by atoms with van der Waals surface area (Å²) in [6, 6.07) is 4.64. The van der Waals surface area contributed by atoms with Crippen molar-refractivity contribution in [3.8, 4) is 0 Å². The second kappa shape index (κ2) is 4.50. The van der Waals surface area contributed by atoms with Crippen molar-refractivity contribution < 1.29 is 9.18 Å². The maximum Gasteiger partial charge on any atom is 0.159 e. The van der Waals surface area contributed by atoms with Gasteiger partial charge in [0.05, 0.1) is 12.2 Å². The Morgan fingerprint density at radius 1 is 1.37 bits per heavy atom. The molecule has 0 aliphatic carbocycles. The van der Waals surface area contributed by atoms with Gasteiger partial charge in [0.25, 0.3) is 0 Å². The molecule has 0 amide bonds. The van der Waals surface area contributed by atoms with E-state index in [0.717, 1.165) is 18.9 Å². The molecule has 0 atom stereocenters. The monoisotopic (exact) mass is 259 g/mol. The van der Waals surface area contributed by atoms with Crippen LogP contribution in [-0.2, 0) is 13.1 Å². The van der Waals surface area contributed by atoms with Gasteiger partial charge in [0.15, 0.2) is 5.78 Å². The number of imidazole rings is 1. The lowest BCUT2D eigenvalue weighted by Crippen LogP contribution is -2.34. The molecule has 4 nitrogen and oxygen atoms in total. The molecule has 1 aliphatic heterocycles. The van der Waals surface area contributed by atoms with E-state index in [4.69, 9.17) is 0 Å². The quantitative estimate of drug-likeness (QED) is 0.776. The van der Waals surface area contributed by atoms with Crippen molar-refractivity contribution in [2.24, 2.45) is 0 Å². The van der Waals surface area contributed by atoms with Crippen LogP contribution in [0.3, 0.4) is 0 Å². The van der Waals surface area contributed by atoms with Crippen molar-refractivity contribution in [1.82, 2.24) is 9.55 Å². The highest BCUT2D eigenvalue weighted by atomic mass is 19.1. The minimum Gasteiger partial charge on any atom is -0.360 e. The number of carbonyl (C=O) groups excluding carboxylic acids is 1. The standard InChI is InChI=1S/C14H14FN3O/c1-10(19)11-2-3-13(12(15)8-11)18-7-6-17-5-4-16-14(17)9-18/h2-5,8H,6-7,9H2,1H3. The number of aromatic nitrogens is 2. The summed E-state index contributed by atoms with van der Waals surface area (Å²) in [7, 11) is 0. The van der Waals surface area contributed by atoms with Gasteiger partial charge in [0, 0.05) is 31.0 Å². The Kier molecular flexibility index (Phi) is 2.81. The molecule has 0 bridgehead atoms. The topological polar surface area (TPSA) is 38.1 Å². The molecular formula is C14H14FN3O. The van der Waals surface area contributed by atoms with E-state index in [1.807, 2.05) is 11.1 Å². The fourth-order valence-corrected chi connectivity index (χ4v) is 2.36. The molecule has 0 N–H and O–H groups in total. The van der Waals surface area contributed by atoms with Gasteiger partial charge in [-0.1, -0.05) is 0 Å². The second-order valence-electron chi connectivity index (χ2n) is 4.68. The van der Waals surface area contributed by atoms with E-state index in [9.17, 15) is 9.18 Å². The molecule has 2 aromatic rings.